The van der Waals surface area contributed by atoms with Gasteiger partial charge in [0.25, 0.3) is 5.91 Å². The van der Waals surface area contributed by atoms with Gasteiger partial charge in [0.15, 0.2) is 0 Å². The monoisotopic (exact) mass is 314 g/mol. The first-order valence-electron chi connectivity index (χ1n) is 7.65. The topological polar surface area (TPSA) is 33.2 Å². The minimum absolute atomic E-state index is 0.0879. The summed E-state index contributed by atoms with van der Waals surface area (Å²) in [6, 6.07) is 11.6. The lowest BCUT2D eigenvalue weighted by Gasteiger charge is -2.36. The number of piperidine rings is 1. The molecule has 1 amide bonds. The van der Waals surface area contributed by atoms with E-state index in [2.05, 4.69) is 11.1 Å². The van der Waals surface area contributed by atoms with Crippen molar-refractivity contribution in [1.29, 1.82) is 0 Å². The van der Waals surface area contributed by atoms with Crippen LogP contribution in [0.25, 0.3) is 0 Å². The Morgan fingerprint density at radius 2 is 2.05 bits per heavy atom. The summed E-state index contributed by atoms with van der Waals surface area (Å²) < 4.78 is 0. The maximum absolute atomic E-state index is 12.8. The maximum Gasteiger partial charge on any atom is 0.254 e. The number of likely N-dealkylation sites (tertiary alicyclic amines) is 1. The molecule has 1 aromatic carbocycles. The fourth-order valence-corrected chi connectivity index (χ4v) is 3.13. The zero-order valence-electron chi connectivity index (χ0n) is 12.6. The molecule has 0 aliphatic carbocycles. The number of aromatic nitrogens is 1. The van der Waals surface area contributed by atoms with E-state index in [4.69, 9.17) is 11.6 Å². The van der Waals surface area contributed by atoms with Crippen molar-refractivity contribution in [2.24, 2.45) is 0 Å². The molecule has 2 heterocycles. The van der Waals surface area contributed by atoms with Crippen molar-refractivity contribution in [1.82, 2.24) is 9.88 Å². The highest BCUT2D eigenvalue weighted by Gasteiger charge is 2.29. The maximum atomic E-state index is 12.8. The molecule has 3 rings (SSSR count). The second-order valence-electron chi connectivity index (χ2n) is 5.75. The molecule has 1 fully saturated rings. The number of pyridine rings is 1. The molecule has 0 bridgehead atoms. The Balaban J connectivity index is 1.91. The first kappa shape index (κ1) is 15.0. The van der Waals surface area contributed by atoms with Crippen molar-refractivity contribution >= 4 is 17.5 Å². The SMILES string of the molecule is Cc1cc([C@H]2CCCCN2C(=O)c2ccccc2)cnc1Cl. The molecule has 114 valence electrons. The summed E-state index contributed by atoms with van der Waals surface area (Å²) in [6.45, 7) is 2.74. The van der Waals surface area contributed by atoms with E-state index in [-0.39, 0.29) is 11.9 Å². The third-order valence-corrected chi connectivity index (χ3v) is 4.60. The number of amides is 1. The van der Waals surface area contributed by atoms with Crippen LogP contribution in [0.15, 0.2) is 42.6 Å². The van der Waals surface area contributed by atoms with Crippen LogP contribution in [0, 0.1) is 6.92 Å². The molecule has 1 aromatic heterocycles. The van der Waals surface area contributed by atoms with Gasteiger partial charge in [-0.2, -0.15) is 0 Å². The van der Waals surface area contributed by atoms with Gasteiger partial charge < -0.3 is 4.90 Å². The lowest BCUT2D eigenvalue weighted by molar-refractivity contribution is 0.0611. The number of rotatable bonds is 2. The molecule has 2 aromatic rings. The second-order valence-corrected chi connectivity index (χ2v) is 6.11. The Kier molecular flexibility index (Phi) is 4.44. The fourth-order valence-electron chi connectivity index (χ4n) is 3.03. The number of nitrogens with zero attached hydrogens (tertiary/aromatic N) is 2. The van der Waals surface area contributed by atoms with Crippen LogP contribution in [0.1, 0.15) is 46.8 Å². The Bertz CT molecular complexity index is 672. The van der Waals surface area contributed by atoms with Crippen LogP contribution >= 0.6 is 11.6 Å². The third-order valence-electron chi connectivity index (χ3n) is 4.20. The number of hydrogen-bond donors (Lipinski definition) is 0. The fraction of sp³-hybridized carbons (Fsp3) is 0.333. The highest BCUT2D eigenvalue weighted by Crippen LogP contribution is 2.32. The molecule has 1 atom stereocenters. The van der Waals surface area contributed by atoms with Crippen molar-refractivity contribution in [2.45, 2.75) is 32.2 Å². The quantitative estimate of drug-likeness (QED) is 0.769. The number of aryl methyl sites for hydroxylation is 1. The van der Waals surface area contributed by atoms with Crippen LogP contribution in [0.4, 0.5) is 0 Å². The van der Waals surface area contributed by atoms with Crippen LogP contribution in [-0.2, 0) is 0 Å². The number of benzene rings is 1. The highest BCUT2D eigenvalue weighted by molar-refractivity contribution is 6.30. The number of carbonyl (C=O) groups is 1. The molecule has 1 aliphatic rings. The molecule has 1 saturated heterocycles. The van der Waals surface area contributed by atoms with E-state index in [9.17, 15) is 4.79 Å². The molecule has 0 unspecified atom stereocenters. The van der Waals surface area contributed by atoms with Crippen LogP contribution in [0.3, 0.4) is 0 Å². The molecular formula is C18H19ClN2O. The van der Waals surface area contributed by atoms with Crippen LogP contribution < -0.4 is 0 Å². The average Bonchev–Trinajstić information content (AvgIpc) is 2.57. The Hall–Kier alpha value is -1.87. The molecule has 0 spiro atoms. The van der Waals surface area contributed by atoms with Gasteiger partial charge >= 0.3 is 0 Å². The lowest BCUT2D eigenvalue weighted by atomic mass is 9.95. The lowest BCUT2D eigenvalue weighted by Crippen LogP contribution is -2.38. The van der Waals surface area contributed by atoms with Crippen molar-refractivity contribution < 1.29 is 4.79 Å². The van der Waals surface area contributed by atoms with E-state index in [1.165, 1.54) is 0 Å². The average molecular weight is 315 g/mol. The summed E-state index contributed by atoms with van der Waals surface area (Å²) in [5.74, 6) is 0.0953. The van der Waals surface area contributed by atoms with E-state index in [1.807, 2.05) is 42.2 Å². The van der Waals surface area contributed by atoms with Gasteiger partial charge in [-0.15, -0.1) is 0 Å². The van der Waals surface area contributed by atoms with Gasteiger partial charge in [-0.25, -0.2) is 4.98 Å². The first-order valence-corrected chi connectivity index (χ1v) is 8.02. The summed E-state index contributed by atoms with van der Waals surface area (Å²) in [5.41, 5.74) is 2.77. The number of halogens is 1. The van der Waals surface area contributed by atoms with Crippen LogP contribution in [0.2, 0.25) is 5.15 Å². The third kappa shape index (κ3) is 3.00. The van der Waals surface area contributed by atoms with Crippen molar-refractivity contribution in [3.63, 3.8) is 0 Å². The van der Waals surface area contributed by atoms with Crippen molar-refractivity contribution in [3.8, 4) is 0 Å². The summed E-state index contributed by atoms with van der Waals surface area (Å²) >= 11 is 6.02. The summed E-state index contributed by atoms with van der Waals surface area (Å²) in [5, 5.41) is 0.528. The predicted molar refractivity (Wildman–Crippen MR) is 88.1 cm³/mol. The first-order chi connectivity index (χ1) is 10.7. The molecule has 1 aliphatic heterocycles. The zero-order valence-corrected chi connectivity index (χ0v) is 13.4. The van der Waals surface area contributed by atoms with Crippen LogP contribution in [-0.4, -0.2) is 22.3 Å². The standard InChI is InChI=1S/C18H19ClN2O/c1-13-11-15(12-20-17(13)19)16-9-5-6-10-21(16)18(22)14-7-3-2-4-8-14/h2-4,7-8,11-12,16H,5-6,9-10H2,1H3/t16-/m1/s1. The second kappa shape index (κ2) is 6.49. The van der Waals surface area contributed by atoms with Crippen LogP contribution in [0.5, 0.6) is 0 Å². The van der Waals surface area contributed by atoms with E-state index in [0.717, 1.165) is 42.5 Å². The molecule has 3 nitrogen and oxygen atoms in total. The van der Waals surface area contributed by atoms with Gasteiger partial charge in [-0.1, -0.05) is 29.8 Å². The zero-order chi connectivity index (χ0) is 15.5. The van der Waals surface area contributed by atoms with E-state index in [0.29, 0.717) is 5.15 Å². The highest BCUT2D eigenvalue weighted by atomic mass is 35.5. The van der Waals surface area contributed by atoms with Gasteiger partial charge in [-0.3, -0.25) is 4.79 Å². The van der Waals surface area contributed by atoms with Crippen molar-refractivity contribution in [2.75, 3.05) is 6.54 Å². The van der Waals surface area contributed by atoms with Gasteiger partial charge in [0.1, 0.15) is 5.15 Å². The van der Waals surface area contributed by atoms with E-state index in [1.54, 1.807) is 6.20 Å². The number of carbonyl (C=O) groups excluding carboxylic acids is 1. The van der Waals surface area contributed by atoms with Gasteiger partial charge in [0.2, 0.25) is 0 Å². The summed E-state index contributed by atoms with van der Waals surface area (Å²) in [4.78, 5) is 19.0. The number of hydrogen-bond acceptors (Lipinski definition) is 2. The summed E-state index contributed by atoms with van der Waals surface area (Å²) in [7, 11) is 0. The largest absolute Gasteiger partial charge is 0.332 e. The minimum Gasteiger partial charge on any atom is -0.332 e. The van der Waals surface area contributed by atoms with Gasteiger partial charge in [0.05, 0.1) is 6.04 Å². The van der Waals surface area contributed by atoms with Crippen molar-refractivity contribution in [3.05, 3.63) is 64.4 Å². The molecular weight excluding hydrogens is 296 g/mol. The molecule has 4 heteroatoms. The van der Waals surface area contributed by atoms with E-state index >= 15 is 0 Å². The molecule has 22 heavy (non-hydrogen) atoms. The predicted octanol–water partition coefficient (Wildman–Crippen LogP) is 4.41. The molecule has 0 radical (unpaired) electrons. The molecule has 0 N–H and O–H groups in total. The smallest absolute Gasteiger partial charge is 0.254 e. The minimum atomic E-state index is 0.0879. The summed E-state index contributed by atoms with van der Waals surface area (Å²) in [6.07, 6.45) is 4.96. The Morgan fingerprint density at radius 3 is 2.77 bits per heavy atom. The Labute approximate surface area is 135 Å². The van der Waals surface area contributed by atoms with E-state index < -0.39 is 0 Å². The normalized spacial score (nSPS) is 18.3. The Morgan fingerprint density at radius 1 is 1.27 bits per heavy atom. The molecule has 0 saturated carbocycles. The van der Waals surface area contributed by atoms with Gasteiger partial charge in [0, 0.05) is 18.3 Å². The van der Waals surface area contributed by atoms with Gasteiger partial charge in [-0.05, 0) is 55.5 Å².